The number of carbonyl (C=O) groups excluding carboxylic acids is 1. The second-order valence-electron chi connectivity index (χ2n) is 6.16. The lowest BCUT2D eigenvalue weighted by Gasteiger charge is -2.06. The fourth-order valence-electron chi connectivity index (χ4n) is 2.74. The van der Waals surface area contributed by atoms with Gasteiger partial charge >= 0.3 is 0 Å². The number of aromatic amines is 1. The Morgan fingerprint density at radius 3 is 2.69 bits per heavy atom. The molecule has 0 radical (unpaired) electrons. The van der Waals surface area contributed by atoms with Crippen LogP contribution in [0.15, 0.2) is 72.0 Å². The molecule has 0 atom stereocenters. The monoisotopic (exact) mass is 385 g/mol. The molecule has 0 saturated heterocycles. The van der Waals surface area contributed by atoms with Crippen LogP contribution in [-0.2, 0) is 6.54 Å². The Labute approximate surface area is 164 Å². The molecule has 142 valence electrons. The first-order valence-electron chi connectivity index (χ1n) is 8.70. The maximum atomic E-state index is 12.6. The molecule has 0 bridgehead atoms. The highest BCUT2D eigenvalue weighted by Gasteiger charge is 2.13. The van der Waals surface area contributed by atoms with E-state index in [1.165, 1.54) is 34.2 Å². The second-order valence-corrected chi connectivity index (χ2v) is 6.16. The van der Waals surface area contributed by atoms with Crippen molar-refractivity contribution in [1.82, 2.24) is 29.9 Å². The van der Waals surface area contributed by atoms with Gasteiger partial charge in [-0.1, -0.05) is 30.3 Å². The SMILES string of the molecule is N#Cc1cnn(-c2c[nH]n(-c3ccc(C(=O)NCc4ccccc4)cn3)c2=O)c1. The van der Waals surface area contributed by atoms with Crippen LogP contribution in [-0.4, -0.2) is 30.5 Å². The molecule has 0 aliphatic carbocycles. The number of hydrogen-bond donors (Lipinski definition) is 2. The minimum absolute atomic E-state index is 0.248. The molecular formula is C20H15N7O2. The van der Waals surface area contributed by atoms with Crippen LogP contribution in [0.25, 0.3) is 11.5 Å². The molecule has 0 unspecified atom stereocenters. The number of aromatic nitrogens is 5. The van der Waals surface area contributed by atoms with E-state index < -0.39 is 0 Å². The van der Waals surface area contributed by atoms with E-state index >= 15 is 0 Å². The number of rotatable bonds is 5. The van der Waals surface area contributed by atoms with Crippen molar-refractivity contribution in [1.29, 1.82) is 5.26 Å². The average molecular weight is 385 g/mol. The van der Waals surface area contributed by atoms with E-state index in [1.807, 2.05) is 36.4 Å². The molecule has 0 saturated carbocycles. The molecule has 29 heavy (non-hydrogen) atoms. The Hall–Kier alpha value is -4.45. The van der Waals surface area contributed by atoms with E-state index in [-0.39, 0.29) is 17.2 Å². The van der Waals surface area contributed by atoms with E-state index in [0.717, 1.165) is 5.56 Å². The van der Waals surface area contributed by atoms with Crippen molar-refractivity contribution in [2.75, 3.05) is 0 Å². The van der Waals surface area contributed by atoms with Gasteiger partial charge in [-0.05, 0) is 17.7 Å². The molecule has 9 heteroatoms. The van der Waals surface area contributed by atoms with Gasteiger partial charge in [-0.2, -0.15) is 15.0 Å². The van der Waals surface area contributed by atoms with Crippen molar-refractivity contribution in [2.24, 2.45) is 0 Å². The first-order valence-corrected chi connectivity index (χ1v) is 8.70. The number of pyridine rings is 1. The zero-order valence-corrected chi connectivity index (χ0v) is 15.1. The van der Waals surface area contributed by atoms with Crippen LogP contribution in [0.5, 0.6) is 0 Å². The third-order valence-corrected chi connectivity index (χ3v) is 4.25. The van der Waals surface area contributed by atoms with Crippen LogP contribution >= 0.6 is 0 Å². The van der Waals surface area contributed by atoms with Gasteiger partial charge in [-0.3, -0.25) is 14.7 Å². The molecule has 0 aliphatic rings. The van der Waals surface area contributed by atoms with Crippen LogP contribution in [0.4, 0.5) is 0 Å². The molecule has 1 amide bonds. The number of benzene rings is 1. The predicted molar refractivity (Wildman–Crippen MR) is 104 cm³/mol. The van der Waals surface area contributed by atoms with Gasteiger partial charge in [-0.15, -0.1) is 0 Å². The smallest absolute Gasteiger partial charge is 0.298 e. The zero-order valence-electron chi connectivity index (χ0n) is 15.1. The minimum Gasteiger partial charge on any atom is -0.348 e. The molecule has 4 aromatic rings. The molecular weight excluding hydrogens is 370 g/mol. The lowest BCUT2D eigenvalue weighted by Crippen LogP contribution is -2.23. The highest BCUT2D eigenvalue weighted by Crippen LogP contribution is 2.07. The highest BCUT2D eigenvalue weighted by molar-refractivity contribution is 5.93. The van der Waals surface area contributed by atoms with Gasteiger partial charge in [-0.25, -0.2) is 9.67 Å². The summed E-state index contributed by atoms with van der Waals surface area (Å²) in [6.45, 7) is 0.412. The van der Waals surface area contributed by atoms with Crippen molar-refractivity contribution < 1.29 is 4.79 Å². The number of carbonyl (C=O) groups is 1. The lowest BCUT2D eigenvalue weighted by molar-refractivity contribution is 0.0950. The summed E-state index contributed by atoms with van der Waals surface area (Å²) >= 11 is 0. The molecule has 0 spiro atoms. The maximum Gasteiger partial charge on any atom is 0.298 e. The van der Waals surface area contributed by atoms with Crippen LogP contribution in [0.3, 0.4) is 0 Å². The summed E-state index contributed by atoms with van der Waals surface area (Å²) in [4.78, 5) is 29.1. The van der Waals surface area contributed by atoms with E-state index in [0.29, 0.717) is 23.5 Å². The first-order chi connectivity index (χ1) is 14.2. The summed E-state index contributed by atoms with van der Waals surface area (Å²) in [6, 6.07) is 14.7. The van der Waals surface area contributed by atoms with Crippen molar-refractivity contribution in [3.63, 3.8) is 0 Å². The lowest BCUT2D eigenvalue weighted by atomic mass is 10.2. The number of nitriles is 1. The molecule has 3 heterocycles. The number of H-pyrrole nitrogens is 1. The topological polar surface area (TPSA) is 121 Å². The largest absolute Gasteiger partial charge is 0.348 e. The van der Waals surface area contributed by atoms with E-state index in [2.05, 4.69) is 20.5 Å². The van der Waals surface area contributed by atoms with Crippen LogP contribution in [0, 0.1) is 11.3 Å². The summed E-state index contributed by atoms with van der Waals surface area (Å²) in [5.74, 6) is 0.0709. The summed E-state index contributed by atoms with van der Waals surface area (Å²) < 4.78 is 2.55. The van der Waals surface area contributed by atoms with E-state index in [1.54, 1.807) is 12.1 Å². The first kappa shape index (κ1) is 17.9. The van der Waals surface area contributed by atoms with Gasteiger partial charge in [0.2, 0.25) is 0 Å². The van der Waals surface area contributed by atoms with Crippen LogP contribution in [0.1, 0.15) is 21.5 Å². The molecule has 0 aliphatic heterocycles. The Morgan fingerprint density at radius 2 is 2.00 bits per heavy atom. The molecule has 2 N–H and O–H groups in total. The normalized spacial score (nSPS) is 10.4. The van der Waals surface area contributed by atoms with Gasteiger partial charge in [0.05, 0.1) is 23.5 Å². The van der Waals surface area contributed by atoms with Crippen molar-refractivity contribution >= 4 is 5.91 Å². The number of nitrogens with one attached hydrogen (secondary N) is 2. The van der Waals surface area contributed by atoms with Crippen molar-refractivity contribution in [3.05, 3.63) is 94.3 Å². The zero-order chi connectivity index (χ0) is 20.2. The second kappa shape index (κ2) is 7.66. The van der Waals surface area contributed by atoms with Crippen LogP contribution < -0.4 is 10.9 Å². The van der Waals surface area contributed by atoms with Gasteiger partial charge in [0.25, 0.3) is 11.5 Å². The Kier molecular flexibility index (Phi) is 4.74. The number of hydrogen-bond acceptors (Lipinski definition) is 5. The third-order valence-electron chi connectivity index (χ3n) is 4.25. The van der Waals surface area contributed by atoms with E-state index in [9.17, 15) is 9.59 Å². The molecule has 3 aromatic heterocycles. The Balaban J connectivity index is 1.50. The van der Waals surface area contributed by atoms with Crippen molar-refractivity contribution in [2.45, 2.75) is 6.54 Å². The van der Waals surface area contributed by atoms with Crippen LogP contribution in [0.2, 0.25) is 0 Å². The van der Waals surface area contributed by atoms with Gasteiger partial charge in [0, 0.05) is 18.9 Å². The fourth-order valence-corrected chi connectivity index (χ4v) is 2.74. The number of amides is 1. The predicted octanol–water partition coefficient (Wildman–Crippen LogP) is 1.55. The van der Waals surface area contributed by atoms with E-state index in [4.69, 9.17) is 5.26 Å². The molecule has 4 rings (SSSR count). The third kappa shape index (κ3) is 3.68. The highest BCUT2D eigenvalue weighted by atomic mass is 16.1. The summed E-state index contributed by atoms with van der Waals surface area (Å²) in [6.07, 6.45) is 5.71. The van der Waals surface area contributed by atoms with Crippen molar-refractivity contribution in [3.8, 4) is 17.6 Å². The Bertz CT molecular complexity index is 1240. The van der Waals surface area contributed by atoms with Gasteiger partial charge in [0.1, 0.15) is 11.8 Å². The van der Waals surface area contributed by atoms with Gasteiger partial charge in [0.15, 0.2) is 5.82 Å². The Morgan fingerprint density at radius 1 is 1.17 bits per heavy atom. The molecule has 1 aromatic carbocycles. The standard InChI is InChI=1S/C20H15N7O2/c21-8-15-10-24-26(13-15)17-12-25-27(20(17)29)18-7-6-16(11-22-18)19(28)23-9-14-4-2-1-3-5-14/h1-7,10-13,25H,9H2,(H,23,28). The van der Waals surface area contributed by atoms with Gasteiger partial charge < -0.3 is 5.32 Å². The molecule has 9 nitrogen and oxygen atoms in total. The summed E-state index contributed by atoms with van der Waals surface area (Å²) in [5, 5.41) is 18.5. The maximum absolute atomic E-state index is 12.6. The number of nitrogens with zero attached hydrogens (tertiary/aromatic N) is 5. The molecule has 0 fully saturated rings. The average Bonchev–Trinajstić information content (AvgIpc) is 3.39. The minimum atomic E-state index is -0.383. The quantitative estimate of drug-likeness (QED) is 0.540. The fraction of sp³-hybridized carbons (Fsp3) is 0.0500. The summed E-state index contributed by atoms with van der Waals surface area (Å²) in [7, 11) is 0. The summed E-state index contributed by atoms with van der Waals surface area (Å²) in [5.41, 5.74) is 1.59.